The van der Waals surface area contributed by atoms with Gasteiger partial charge in [0.2, 0.25) is 0 Å². The Bertz CT molecular complexity index is 1970. The smallest absolute Gasteiger partial charge is 0.277 e. The number of nitrogens with two attached hydrogens (primary N) is 2. The molecule has 0 spiro atoms. The lowest BCUT2D eigenvalue weighted by Crippen LogP contribution is -1.99. The Morgan fingerprint density at radius 3 is 1.69 bits per heavy atom. The average Bonchev–Trinajstić information content (AvgIpc) is 3.04. The van der Waals surface area contributed by atoms with Crippen LogP contribution in [0, 0.1) is 20.2 Å². The summed E-state index contributed by atoms with van der Waals surface area (Å²) in [5.74, 6) is 1.53. The Kier molecular flexibility index (Phi) is 10.3. The first-order valence-electron chi connectivity index (χ1n) is 13.3. The first-order chi connectivity index (χ1) is 21.7. The average molecular weight is 609 g/mol. The molecular weight excluding hydrogens is 580 g/mol. The van der Waals surface area contributed by atoms with E-state index >= 15 is 0 Å². The number of aliphatic hydroxyl groups is 1. The number of anilines is 2. The SMILES string of the molecule is Nc1cc(CO)ccn1.Nc1cc(COc2ccc([N+](=O)[O-])c3ccccc23)ccn1.O=[N+]([O-])c1ccc(O)c2ccccc12. The monoisotopic (exact) mass is 608 g/mol. The van der Waals surface area contributed by atoms with E-state index in [0.717, 1.165) is 11.1 Å². The molecule has 0 saturated heterocycles. The quantitative estimate of drug-likeness (QED) is 0.129. The maximum absolute atomic E-state index is 11.1. The zero-order valence-electron chi connectivity index (χ0n) is 23.7. The zero-order chi connectivity index (χ0) is 32.3. The number of phenols is 1. The molecule has 4 aromatic carbocycles. The maximum Gasteiger partial charge on any atom is 0.277 e. The highest BCUT2D eigenvalue weighted by molar-refractivity contribution is 5.96. The molecule has 0 radical (unpaired) electrons. The van der Waals surface area contributed by atoms with Gasteiger partial charge in [-0.05, 0) is 59.7 Å². The van der Waals surface area contributed by atoms with Gasteiger partial charge in [0, 0.05) is 35.3 Å². The van der Waals surface area contributed by atoms with Crippen molar-refractivity contribution in [2.24, 2.45) is 0 Å². The molecule has 6 rings (SSSR count). The number of aromatic nitrogens is 2. The maximum atomic E-state index is 11.1. The minimum atomic E-state index is -0.457. The number of fused-ring (bicyclic) bond motifs is 2. The molecule has 0 unspecified atom stereocenters. The highest BCUT2D eigenvalue weighted by atomic mass is 16.6. The van der Waals surface area contributed by atoms with Gasteiger partial charge in [0.1, 0.15) is 29.7 Å². The van der Waals surface area contributed by atoms with Crippen molar-refractivity contribution in [3.63, 3.8) is 0 Å². The molecule has 13 nitrogen and oxygen atoms in total. The highest BCUT2D eigenvalue weighted by Crippen LogP contribution is 2.33. The number of benzene rings is 4. The Labute approximate surface area is 256 Å². The van der Waals surface area contributed by atoms with E-state index in [4.69, 9.17) is 21.3 Å². The number of nitro groups is 2. The van der Waals surface area contributed by atoms with Crippen LogP contribution in [0.25, 0.3) is 21.5 Å². The highest BCUT2D eigenvalue weighted by Gasteiger charge is 2.15. The van der Waals surface area contributed by atoms with Gasteiger partial charge in [0.25, 0.3) is 11.4 Å². The first kappa shape index (κ1) is 31.6. The molecule has 6 aromatic rings. The number of rotatable bonds is 6. The van der Waals surface area contributed by atoms with Crippen molar-refractivity contribution in [3.8, 4) is 11.5 Å². The van der Waals surface area contributed by atoms with Crippen LogP contribution in [0.3, 0.4) is 0 Å². The van der Waals surface area contributed by atoms with Crippen molar-refractivity contribution in [1.82, 2.24) is 9.97 Å². The molecule has 0 bridgehead atoms. The summed E-state index contributed by atoms with van der Waals surface area (Å²) in [5, 5.41) is 42.0. The van der Waals surface area contributed by atoms with Gasteiger partial charge >= 0.3 is 0 Å². The fourth-order valence-electron chi connectivity index (χ4n) is 4.31. The largest absolute Gasteiger partial charge is 0.507 e. The van der Waals surface area contributed by atoms with Crippen LogP contribution in [0.15, 0.2) is 109 Å². The summed E-state index contributed by atoms with van der Waals surface area (Å²) in [7, 11) is 0. The van der Waals surface area contributed by atoms with Crippen molar-refractivity contribution in [1.29, 1.82) is 0 Å². The predicted octanol–water partition coefficient (Wildman–Crippen LogP) is 5.91. The number of nitrogens with zero attached hydrogens (tertiary/aromatic N) is 4. The summed E-state index contributed by atoms with van der Waals surface area (Å²) in [6.45, 7) is 0.335. The van der Waals surface area contributed by atoms with Gasteiger partial charge in [-0.2, -0.15) is 0 Å². The van der Waals surface area contributed by atoms with E-state index in [9.17, 15) is 25.3 Å². The standard InChI is InChI=1S/C16H13N3O3.C10H7NO3.C6H8N2O/c17-16-9-11(7-8-18-16)10-22-15-6-5-14(19(20)21)12-3-1-2-4-13(12)15;12-10-6-5-9(11(13)14)7-3-1-2-4-8(7)10;7-6-3-5(4-9)1-2-8-6/h1-9H,10H2,(H2,17,18);1-6,12H;1-3,9H,4H2,(H2,7,8). The normalized spacial score (nSPS) is 10.2. The van der Waals surface area contributed by atoms with E-state index in [2.05, 4.69) is 9.97 Å². The molecule has 0 saturated carbocycles. The number of pyridine rings is 2. The van der Waals surface area contributed by atoms with E-state index in [1.54, 1.807) is 79.1 Å². The van der Waals surface area contributed by atoms with Gasteiger partial charge < -0.3 is 26.4 Å². The molecule has 0 aliphatic carbocycles. The van der Waals surface area contributed by atoms with E-state index in [0.29, 0.717) is 45.5 Å². The van der Waals surface area contributed by atoms with E-state index in [1.165, 1.54) is 18.2 Å². The van der Waals surface area contributed by atoms with Crippen LogP contribution in [-0.4, -0.2) is 30.0 Å². The second-order valence-corrected chi connectivity index (χ2v) is 9.42. The number of aliphatic hydroxyl groups excluding tert-OH is 1. The third-order valence-corrected chi connectivity index (χ3v) is 6.40. The fourth-order valence-corrected chi connectivity index (χ4v) is 4.31. The lowest BCUT2D eigenvalue weighted by molar-refractivity contribution is -0.383. The first-order valence-corrected chi connectivity index (χ1v) is 13.3. The van der Waals surface area contributed by atoms with Gasteiger partial charge in [-0.25, -0.2) is 9.97 Å². The Hall–Kier alpha value is -6.34. The zero-order valence-corrected chi connectivity index (χ0v) is 23.7. The van der Waals surface area contributed by atoms with Gasteiger partial charge in [0.05, 0.1) is 27.2 Å². The number of hydrogen-bond donors (Lipinski definition) is 4. The van der Waals surface area contributed by atoms with Crippen LogP contribution in [0.2, 0.25) is 0 Å². The number of hydrogen-bond acceptors (Lipinski definition) is 11. The summed E-state index contributed by atoms with van der Waals surface area (Å²) >= 11 is 0. The second kappa shape index (κ2) is 14.7. The van der Waals surface area contributed by atoms with Crippen LogP contribution in [0.5, 0.6) is 11.5 Å². The number of nitro benzene ring substituents is 2. The van der Waals surface area contributed by atoms with E-state index in [-0.39, 0.29) is 23.7 Å². The minimum Gasteiger partial charge on any atom is -0.507 e. The third-order valence-electron chi connectivity index (χ3n) is 6.40. The molecule has 0 amide bonds. The molecule has 2 heterocycles. The lowest BCUT2D eigenvalue weighted by atomic mass is 10.1. The van der Waals surface area contributed by atoms with Crippen LogP contribution in [0.1, 0.15) is 11.1 Å². The summed E-state index contributed by atoms with van der Waals surface area (Å²) in [4.78, 5) is 28.6. The van der Waals surface area contributed by atoms with Gasteiger partial charge in [-0.15, -0.1) is 0 Å². The molecule has 0 aliphatic heterocycles. The fraction of sp³-hybridized carbons (Fsp3) is 0.0625. The van der Waals surface area contributed by atoms with Crippen molar-refractivity contribution in [2.75, 3.05) is 11.5 Å². The predicted molar refractivity (Wildman–Crippen MR) is 170 cm³/mol. The molecule has 6 N–H and O–H groups in total. The minimum absolute atomic E-state index is 0.0124. The molecule has 13 heteroatoms. The Morgan fingerprint density at radius 1 is 0.667 bits per heavy atom. The van der Waals surface area contributed by atoms with Gasteiger partial charge in [-0.3, -0.25) is 20.2 Å². The summed E-state index contributed by atoms with van der Waals surface area (Å²) in [5.41, 5.74) is 12.7. The van der Waals surface area contributed by atoms with Crippen molar-refractivity contribution in [2.45, 2.75) is 13.2 Å². The van der Waals surface area contributed by atoms with E-state index in [1.807, 2.05) is 12.1 Å². The number of phenolic OH excluding ortho intramolecular Hbond substituents is 1. The van der Waals surface area contributed by atoms with Crippen LogP contribution < -0.4 is 16.2 Å². The third kappa shape index (κ3) is 8.15. The molecule has 0 aliphatic rings. The number of aromatic hydroxyl groups is 1. The van der Waals surface area contributed by atoms with Gasteiger partial charge in [-0.1, -0.05) is 36.4 Å². The number of nitrogen functional groups attached to an aromatic ring is 2. The van der Waals surface area contributed by atoms with E-state index < -0.39 is 9.85 Å². The molecular formula is C32H28N6O7. The number of non-ortho nitro benzene ring substituents is 2. The molecule has 45 heavy (non-hydrogen) atoms. The topological polar surface area (TPSA) is 214 Å². The van der Waals surface area contributed by atoms with Crippen LogP contribution in [-0.2, 0) is 13.2 Å². The summed E-state index contributed by atoms with van der Waals surface area (Å²) in [6.07, 6.45) is 3.18. The van der Waals surface area contributed by atoms with Gasteiger partial charge in [0.15, 0.2) is 0 Å². The molecule has 0 fully saturated rings. The van der Waals surface area contributed by atoms with Crippen molar-refractivity contribution >= 4 is 44.6 Å². The van der Waals surface area contributed by atoms with Crippen molar-refractivity contribution in [3.05, 3.63) is 141 Å². The molecule has 0 atom stereocenters. The molecule has 2 aromatic heterocycles. The van der Waals surface area contributed by atoms with Crippen LogP contribution in [0.4, 0.5) is 23.0 Å². The van der Waals surface area contributed by atoms with Crippen molar-refractivity contribution < 1.29 is 24.8 Å². The second-order valence-electron chi connectivity index (χ2n) is 9.42. The summed E-state index contributed by atoms with van der Waals surface area (Å²) in [6, 6.07) is 26.4. The Morgan fingerprint density at radius 2 is 1.16 bits per heavy atom. The summed E-state index contributed by atoms with van der Waals surface area (Å²) < 4.78 is 5.79. The lowest BCUT2D eigenvalue weighted by Gasteiger charge is -2.10. The van der Waals surface area contributed by atoms with Crippen LogP contribution >= 0.6 is 0 Å². The number of ether oxygens (including phenoxy) is 1. The Balaban J connectivity index is 0.000000171. The molecule has 228 valence electrons.